The minimum Gasteiger partial charge on any atom is -0.481 e. The molecular formula is C12H12FNO3. The number of hydrogen-bond donors (Lipinski definition) is 2. The average molecular weight is 237 g/mol. The molecule has 1 unspecified atom stereocenters. The van der Waals surface area contributed by atoms with Gasteiger partial charge in [-0.25, -0.2) is 4.39 Å². The first-order chi connectivity index (χ1) is 8.08. The molecule has 1 aromatic carbocycles. The lowest BCUT2D eigenvalue weighted by Crippen LogP contribution is -2.31. The third-order valence-electron chi connectivity index (χ3n) is 2.75. The Morgan fingerprint density at radius 3 is 2.35 bits per heavy atom. The molecule has 0 aromatic heterocycles. The molecule has 0 radical (unpaired) electrons. The highest BCUT2D eigenvalue weighted by atomic mass is 19.1. The highest BCUT2D eigenvalue weighted by Crippen LogP contribution is 2.37. The number of hydrogen-bond acceptors (Lipinski definition) is 2. The molecule has 4 nitrogen and oxygen atoms in total. The van der Waals surface area contributed by atoms with Gasteiger partial charge < -0.3 is 10.4 Å². The van der Waals surface area contributed by atoms with E-state index in [1.807, 2.05) is 0 Å². The van der Waals surface area contributed by atoms with Crippen LogP contribution < -0.4 is 5.32 Å². The molecule has 0 spiro atoms. The normalized spacial score (nSPS) is 16.3. The summed E-state index contributed by atoms with van der Waals surface area (Å²) in [6.45, 7) is 0. The smallest absolute Gasteiger partial charge is 0.316 e. The molecule has 0 bridgehead atoms. The van der Waals surface area contributed by atoms with Gasteiger partial charge >= 0.3 is 5.97 Å². The summed E-state index contributed by atoms with van der Waals surface area (Å²) in [7, 11) is 0. The Hall–Kier alpha value is -1.91. The number of carbonyl (C=O) groups excluding carboxylic acids is 1. The first-order valence-electron chi connectivity index (χ1n) is 5.37. The Morgan fingerprint density at radius 2 is 1.88 bits per heavy atom. The zero-order valence-electron chi connectivity index (χ0n) is 9.02. The predicted octanol–water partition coefficient (Wildman–Crippen LogP) is 1.87. The Kier molecular flexibility index (Phi) is 3.08. The van der Waals surface area contributed by atoms with Crippen LogP contribution in [0.2, 0.25) is 0 Å². The Morgan fingerprint density at radius 1 is 1.29 bits per heavy atom. The van der Waals surface area contributed by atoms with Crippen LogP contribution in [-0.4, -0.2) is 17.0 Å². The molecule has 1 aliphatic rings. The van der Waals surface area contributed by atoms with E-state index in [0.717, 1.165) is 12.8 Å². The predicted molar refractivity (Wildman–Crippen MR) is 58.9 cm³/mol. The van der Waals surface area contributed by atoms with Crippen molar-refractivity contribution in [3.63, 3.8) is 0 Å². The van der Waals surface area contributed by atoms with Gasteiger partial charge in [0.15, 0.2) is 0 Å². The SMILES string of the molecule is O=C(O)C(C(=O)Nc1ccc(F)cc1)C1CC1. The maximum absolute atomic E-state index is 12.6. The van der Waals surface area contributed by atoms with Crippen LogP contribution in [0.3, 0.4) is 0 Å². The second-order valence-corrected chi connectivity index (χ2v) is 4.15. The van der Waals surface area contributed by atoms with Gasteiger partial charge in [-0.2, -0.15) is 0 Å². The van der Waals surface area contributed by atoms with Crippen molar-refractivity contribution in [2.45, 2.75) is 12.8 Å². The van der Waals surface area contributed by atoms with E-state index in [4.69, 9.17) is 5.11 Å². The van der Waals surface area contributed by atoms with E-state index >= 15 is 0 Å². The standard InChI is InChI=1S/C12H12FNO3/c13-8-3-5-9(6-4-8)14-11(15)10(12(16)17)7-1-2-7/h3-7,10H,1-2H2,(H,14,15)(H,16,17). The zero-order chi connectivity index (χ0) is 12.4. The maximum Gasteiger partial charge on any atom is 0.316 e. The Balaban J connectivity index is 2.04. The summed E-state index contributed by atoms with van der Waals surface area (Å²) >= 11 is 0. The summed E-state index contributed by atoms with van der Waals surface area (Å²) in [5, 5.41) is 11.4. The van der Waals surface area contributed by atoms with Crippen molar-refractivity contribution in [1.29, 1.82) is 0 Å². The van der Waals surface area contributed by atoms with Crippen LogP contribution in [0.4, 0.5) is 10.1 Å². The van der Waals surface area contributed by atoms with Crippen LogP contribution in [0, 0.1) is 17.7 Å². The van der Waals surface area contributed by atoms with Gasteiger partial charge in [-0.05, 0) is 43.0 Å². The molecule has 0 saturated heterocycles. The Labute approximate surface area is 97.4 Å². The van der Waals surface area contributed by atoms with E-state index in [0.29, 0.717) is 5.69 Å². The number of amides is 1. The molecule has 90 valence electrons. The molecule has 0 aliphatic heterocycles. The molecule has 1 aliphatic carbocycles. The van der Waals surface area contributed by atoms with Crippen molar-refractivity contribution in [2.75, 3.05) is 5.32 Å². The lowest BCUT2D eigenvalue weighted by molar-refractivity contribution is -0.146. The number of aliphatic carboxylic acids is 1. The van der Waals surface area contributed by atoms with Gasteiger partial charge in [-0.15, -0.1) is 0 Å². The number of rotatable bonds is 4. The lowest BCUT2D eigenvalue weighted by Gasteiger charge is -2.11. The van der Waals surface area contributed by atoms with Crippen LogP contribution in [0.15, 0.2) is 24.3 Å². The van der Waals surface area contributed by atoms with Gasteiger partial charge in [0.25, 0.3) is 0 Å². The molecule has 1 aromatic rings. The largest absolute Gasteiger partial charge is 0.481 e. The van der Waals surface area contributed by atoms with Gasteiger partial charge in [-0.3, -0.25) is 9.59 Å². The van der Waals surface area contributed by atoms with Crippen LogP contribution in [0.1, 0.15) is 12.8 Å². The summed E-state index contributed by atoms with van der Waals surface area (Å²) in [4.78, 5) is 22.7. The highest BCUT2D eigenvalue weighted by Gasteiger charge is 2.41. The topological polar surface area (TPSA) is 66.4 Å². The summed E-state index contributed by atoms with van der Waals surface area (Å²) in [6.07, 6.45) is 1.54. The third kappa shape index (κ3) is 2.81. The van der Waals surface area contributed by atoms with Crippen molar-refractivity contribution in [3.05, 3.63) is 30.1 Å². The molecule has 1 atom stereocenters. The van der Waals surface area contributed by atoms with Gasteiger partial charge in [0.1, 0.15) is 11.7 Å². The van der Waals surface area contributed by atoms with Crippen LogP contribution >= 0.6 is 0 Å². The van der Waals surface area contributed by atoms with Crippen molar-refractivity contribution in [2.24, 2.45) is 11.8 Å². The number of carbonyl (C=O) groups is 2. The summed E-state index contributed by atoms with van der Waals surface area (Å²) in [6, 6.07) is 5.23. The van der Waals surface area contributed by atoms with Gasteiger partial charge in [0.2, 0.25) is 5.91 Å². The number of carboxylic acids is 1. The van der Waals surface area contributed by atoms with Gasteiger partial charge in [-0.1, -0.05) is 0 Å². The van der Waals surface area contributed by atoms with Crippen LogP contribution in [0.25, 0.3) is 0 Å². The molecular weight excluding hydrogens is 225 g/mol. The number of nitrogens with one attached hydrogen (secondary N) is 1. The highest BCUT2D eigenvalue weighted by molar-refractivity contribution is 6.04. The summed E-state index contributed by atoms with van der Waals surface area (Å²) in [5.74, 6) is -3.10. The fourth-order valence-corrected chi connectivity index (χ4v) is 1.71. The fraction of sp³-hybridized carbons (Fsp3) is 0.333. The van der Waals surface area contributed by atoms with Crippen molar-refractivity contribution < 1.29 is 19.1 Å². The average Bonchev–Trinajstić information content (AvgIpc) is 3.05. The molecule has 1 saturated carbocycles. The first-order valence-corrected chi connectivity index (χ1v) is 5.37. The van der Waals surface area contributed by atoms with Crippen LogP contribution in [-0.2, 0) is 9.59 Å². The van der Waals surface area contributed by atoms with Gasteiger partial charge in [0, 0.05) is 5.69 Å². The van der Waals surface area contributed by atoms with Crippen LogP contribution in [0.5, 0.6) is 0 Å². The first kappa shape index (κ1) is 11.6. The van der Waals surface area contributed by atoms with Crippen molar-refractivity contribution in [3.8, 4) is 0 Å². The van der Waals surface area contributed by atoms with E-state index in [-0.39, 0.29) is 5.92 Å². The second kappa shape index (κ2) is 4.53. The number of carboxylic acid groups (broad SMARTS) is 1. The molecule has 2 N–H and O–H groups in total. The minimum atomic E-state index is -1.10. The molecule has 5 heteroatoms. The zero-order valence-corrected chi connectivity index (χ0v) is 9.02. The Bertz CT molecular complexity index is 440. The van der Waals surface area contributed by atoms with Gasteiger partial charge in [0.05, 0.1) is 0 Å². The van der Waals surface area contributed by atoms with Crippen molar-refractivity contribution >= 4 is 17.6 Å². The van der Waals surface area contributed by atoms with E-state index in [9.17, 15) is 14.0 Å². The quantitative estimate of drug-likeness (QED) is 0.785. The molecule has 0 heterocycles. The fourth-order valence-electron chi connectivity index (χ4n) is 1.71. The number of benzene rings is 1. The summed E-state index contributed by atoms with van der Waals surface area (Å²) < 4.78 is 12.6. The van der Waals surface area contributed by atoms with E-state index in [2.05, 4.69) is 5.32 Å². The number of halogens is 1. The molecule has 1 amide bonds. The van der Waals surface area contributed by atoms with E-state index in [1.54, 1.807) is 0 Å². The molecule has 17 heavy (non-hydrogen) atoms. The number of anilines is 1. The van der Waals surface area contributed by atoms with E-state index in [1.165, 1.54) is 24.3 Å². The second-order valence-electron chi connectivity index (χ2n) is 4.15. The van der Waals surface area contributed by atoms with Crippen molar-refractivity contribution in [1.82, 2.24) is 0 Å². The summed E-state index contributed by atoms with van der Waals surface area (Å²) in [5.41, 5.74) is 0.406. The van der Waals surface area contributed by atoms with E-state index < -0.39 is 23.6 Å². The molecule has 2 rings (SSSR count). The molecule has 1 fully saturated rings. The minimum absolute atomic E-state index is 0.0621. The monoisotopic (exact) mass is 237 g/mol. The lowest BCUT2D eigenvalue weighted by atomic mass is 10.0. The third-order valence-corrected chi connectivity index (χ3v) is 2.75. The maximum atomic E-state index is 12.6.